The highest BCUT2D eigenvalue weighted by atomic mass is 79.9. The molecular weight excluding hydrogens is 321 g/mol. The number of carbonyl (C=O) groups excluding carboxylic acids is 3. The van der Waals surface area contributed by atoms with E-state index in [0.717, 1.165) is 12.0 Å². The lowest BCUT2D eigenvalue weighted by atomic mass is 10.1. The van der Waals surface area contributed by atoms with Gasteiger partial charge in [0.25, 0.3) is 0 Å². The molecule has 0 spiro atoms. The first-order valence-electron chi connectivity index (χ1n) is 5.33. The molecule has 1 aliphatic heterocycles. The van der Waals surface area contributed by atoms with E-state index in [1.165, 1.54) is 12.1 Å². The van der Waals surface area contributed by atoms with Gasteiger partial charge in [-0.2, -0.15) is 0 Å². The molecule has 1 fully saturated rings. The zero-order valence-corrected chi connectivity index (χ0v) is 11.5. The summed E-state index contributed by atoms with van der Waals surface area (Å²) in [5, 5.41) is 0. The quantitative estimate of drug-likeness (QED) is 0.611. The number of esters is 1. The molecule has 19 heavy (non-hydrogen) atoms. The molecule has 0 atom stereocenters. The minimum Gasteiger partial charge on any atom is -0.465 e. The number of carbonyl (C=O) groups is 3. The van der Waals surface area contributed by atoms with Crippen molar-refractivity contribution in [1.82, 2.24) is 0 Å². The second-order valence-electron chi connectivity index (χ2n) is 3.97. The number of Topliss-reactive ketones (excluding diaryl/α,β-unsaturated/α-hetero) is 1. The largest absolute Gasteiger partial charge is 0.465 e. The lowest BCUT2D eigenvalue weighted by molar-refractivity contribution is -0.121. The Labute approximate surface area is 116 Å². The Morgan fingerprint density at radius 3 is 2.63 bits per heavy atom. The van der Waals surface area contributed by atoms with Crippen molar-refractivity contribution in [2.45, 2.75) is 6.42 Å². The van der Waals surface area contributed by atoms with Crippen LogP contribution in [-0.2, 0) is 14.3 Å². The van der Waals surface area contributed by atoms with Crippen LogP contribution in [0.25, 0.3) is 0 Å². The summed E-state index contributed by atoms with van der Waals surface area (Å²) in [4.78, 5) is 35.3. The number of methoxy groups -OCH3 is 1. The maximum absolute atomic E-state index is 14.2. The van der Waals surface area contributed by atoms with E-state index in [0.29, 0.717) is 4.47 Å². The standard InChI is InChI=1S/C12H9BrFNO4/c1-19-12(18)8-2-6(13)3-9(11(8)14)15-5-7(16)4-10(15)17/h2-3H,4-5H2,1H3. The third-order valence-corrected chi connectivity index (χ3v) is 3.16. The third-order valence-electron chi connectivity index (χ3n) is 2.70. The van der Waals surface area contributed by atoms with Crippen LogP contribution in [0.1, 0.15) is 16.8 Å². The average molecular weight is 330 g/mol. The van der Waals surface area contributed by atoms with Crippen LogP contribution >= 0.6 is 15.9 Å². The highest BCUT2D eigenvalue weighted by Gasteiger charge is 2.32. The van der Waals surface area contributed by atoms with Crippen molar-refractivity contribution in [2.24, 2.45) is 0 Å². The Hall–Kier alpha value is -1.76. The number of hydrogen-bond acceptors (Lipinski definition) is 4. The van der Waals surface area contributed by atoms with E-state index in [1.807, 2.05) is 0 Å². The fourth-order valence-corrected chi connectivity index (χ4v) is 2.28. The molecule has 5 nitrogen and oxygen atoms in total. The summed E-state index contributed by atoms with van der Waals surface area (Å²) in [5.41, 5.74) is -0.398. The predicted octanol–water partition coefficient (Wildman–Crippen LogP) is 1.68. The lowest BCUT2D eigenvalue weighted by Crippen LogP contribution is -2.26. The summed E-state index contributed by atoms with van der Waals surface area (Å²) in [7, 11) is 1.13. The van der Waals surface area contributed by atoms with Crippen molar-refractivity contribution in [2.75, 3.05) is 18.6 Å². The van der Waals surface area contributed by atoms with E-state index in [9.17, 15) is 18.8 Å². The van der Waals surface area contributed by atoms with Crippen molar-refractivity contribution >= 4 is 39.3 Å². The molecule has 0 saturated carbocycles. The first kappa shape index (κ1) is 13.7. The summed E-state index contributed by atoms with van der Waals surface area (Å²) in [5.74, 6) is -2.50. The number of anilines is 1. The van der Waals surface area contributed by atoms with Crippen molar-refractivity contribution in [3.8, 4) is 0 Å². The highest BCUT2D eigenvalue weighted by Crippen LogP contribution is 2.30. The normalized spacial score (nSPS) is 15.0. The number of hydrogen-bond donors (Lipinski definition) is 0. The fraction of sp³-hybridized carbons (Fsp3) is 0.250. The van der Waals surface area contributed by atoms with Gasteiger partial charge < -0.3 is 9.64 Å². The van der Waals surface area contributed by atoms with Crippen molar-refractivity contribution < 1.29 is 23.5 Å². The molecule has 2 rings (SSSR count). The lowest BCUT2D eigenvalue weighted by Gasteiger charge is -2.17. The minimum atomic E-state index is -0.877. The smallest absolute Gasteiger partial charge is 0.340 e. The van der Waals surface area contributed by atoms with Crippen LogP contribution in [0.15, 0.2) is 16.6 Å². The van der Waals surface area contributed by atoms with E-state index < -0.39 is 17.7 Å². The highest BCUT2D eigenvalue weighted by molar-refractivity contribution is 9.10. The van der Waals surface area contributed by atoms with E-state index in [2.05, 4.69) is 20.7 Å². The maximum Gasteiger partial charge on any atom is 0.340 e. The molecule has 7 heteroatoms. The third kappa shape index (κ3) is 2.51. The second kappa shape index (κ2) is 5.08. The van der Waals surface area contributed by atoms with Crippen LogP contribution < -0.4 is 4.90 Å². The number of nitrogens with zero attached hydrogens (tertiary/aromatic N) is 1. The number of ether oxygens (including phenoxy) is 1. The van der Waals surface area contributed by atoms with E-state index in [-0.39, 0.29) is 30.0 Å². The van der Waals surface area contributed by atoms with Crippen LogP contribution in [0.2, 0.25) is 0 Å². The molecule has 1 aromatic rings. The summed E-state index contributed by atoms with van der Waals surface area (Å²) in [6.07, 6.45) is -0.250. The monoisotopic (exact) mass is 329 g/mol. The van der Waals surface area contributed by atoms with Crippen molar-refractivity contribution in [3.05, 3.63) is 28.0 Å². The second-order valence-corrected chi connectivity index (χ2v) is 4.89. The topological polar surface area (TPSA) is 63.7 Å². The molecule has 100 valence electrons. The summed E-state index contributed by atoms with van der Waals surface area (Å²) >= 11 is 3.13. The van der Waals surface area contributed by atoms with Crippen molar-refractivity contribution in [1.29, 1.82) is 0 Å². The van der Waals surface area contributed by atoms with Gasteiger partial charge in [0.1, 0.15) is 0 Å². The fourth-order valence-electron chi connectivity index (χ4n) is 1.83. The Morgan fingerprint density at radius 2 is 2.11 bits per heavy atom. The van der Waals surface area contributed by atoms with Gasteiger partial charge in [-0.05, 0) is 12.1 Å². The van der Waals surface area contributed by atoms with Crippen molar-refractivity contribution in [3.63, 3.8) is 0 Å². The van der Waals surface area contributed by atoms with Gasteiger partial charge in [-0.3, -0.25) is 9.59 Å². The van der Waals surface area contributed by atoms with E-state index in [1.54, 1.807) is 0 Å². The van der Waals surface area contributed by atoms with Gasteiger partial charge in [-0.25, -0.2) is 9.18 Å². The van der Waals surface area contributed by atoms with Crippen LogP contribution in [0, 0.1) is 5.82 Å². The molecule has 1 heterocycles. The Balaban J connectivity index is 2.52. The summed E-state index contributed by atoms with van der Waals surface area (Å²) < 4.78 is 19.1. The van der Waals surface area contributed by atoms with Gasteiger partial charge in [-0.1, -0.05) is 15.9 Å². The number of rotatable bonds is 2. The van der Waals surface area contributed by atoms with Gasteiger partial charge in [0, 0.05) is 4.47 Å². The average Bonchev–Trinajstić information content (AvgIpc) is 2.70. The van der Waals surface area contributed by atoms with Gasteiger partial charge >= 0.3 is 5.97 Å². The van der Waals surface area contributed by atoms with Gasteiger partial charge in [-0.15, -0.1) is 0 Å². The van der Waals surface area contributed by atoms with Crippen LogP contribution in [0.4, 0.5) is 10.1 Å². The number of benzene rings is 1. The molecular formula is C12H9BrFNO4. The number of ketones is 1. The zero-order chi connectivity index (χ0) is 14.2. The molecule has 0 radical (unpaired) electrons. The van der Waals surface area contributed by atoms with Crippen LogP contribution in [0.5, 0.6) is 0 Å². The first-order chi connectivity index (χ1) is 8.93. The zero-order valence-electron chi connectivity index (χ0n) is 9.91. The molecule has 1 aliphatic rings. The molecule has 0 N–H and O–H groups in total. The van der Waals surface area contributed by atoms with Crippen LogP contribution in [0.3, 0.4) is 0 Å². The molecule has 0 unspecified atom stereocenters. The molecule has 1 amide bonds. The molecule has 0 aromatic heterocycles. The predicted molar refractivity (Wildman–Crippen MR) is 67.4 cm³/mol. The maximum atomic E-state index is 14.2. The van der Waals surface area contributed by atoms with Gasteiger partial charge in [0.05, 0.1) is 31.3 Å². The number of amides is 1. The van der Waals surface area contributed by atoms with Gasteiger partial charge in [0.15, 0.2) is 11.6 Å². The molecule has 1 aromatic carbocycles. The molecule has 1 saturated heterocycles. The van der Waals surface area contributed by atoms with Crippen LogP contribution in [-0.4, -0.2) is 31.3 Å². The van der Waals surface area contributed by atoms with Gasteiger partial charge in [0.2, 0.25) is 5.91 Å². The molecule has 0 bridgehead atoms. The summed E-state index contributed by atoms with van der Waals surface area (Å²) in [6, 6.07) is 2.60. The summed E-state index contributed by atoms with van der Waals surface area (Å²) in [6.45, 7) is -0.188. The molecule has 0 aliphatic carbocycles. The first-order valence-corrected chi connectivity index (χ1v) is 6.12. The number of halogens is 2. The minimum absolute atomic E-state index is 0.106. The Morgan fingerprint density at radius 1 is 1.42 bits per heavy atom. The van der Waals surface area contributed by atoms with E-state index in [4.69, 9.17) is 0 Å². The SMILES string of the molecule is COC(=O)c1cc(Br)cc(N2CC(=O)CC2=O)c1F. The Bertz CT molecular complexity index is 587. The van der Waals surface area contributed by atoms with E-state index >= 15 is 0 Å². The Kier molecular flexibility index (Phi) is 3.66.